The van der Waals surface area contributed by atoms with Gasteiger partial charge in [0.1, 0.15) is 17.2 Å². The molecule has 0 N–H and O–H groups in total. The van der Waals surface area contributed by atoms with Crippen molar-refractivity contribution in [1.29, 1.82) is 0 Å². The molecule has 0 unspecified atom stereocenters. The van der Waals surface area contributed by atoms with Gasteiger partial charge in [-0.1, -0.05) is 30.3 Å². The summed E-state index contributed by atoms with van der Waals surface area (Å²) in [5.74, 6) is 0.880. The highest BCUT2D eigenvalue weighted by Gasteiger charge is 2.28. The van der Waals surface area contributed by atoms with Crippen LogP contribution in [0.5, 0.6) is 0 Å². The zero-order valence-corrected chi connectivity index (χ0v) is 18.8. The lowest BCUT2D eigenvalue weighted by molar-refractivity contribution is 0.0581. The van der Waals surface area contributed by atoms with Gasteiger partial charge in [-0.3, -0.25) is 4.90 Å². The highest BCUT2D eigenvalue weighted by Crippen LogP contribution is 2.39. The Morgan fingerprint density at radius 2 is 1.87 bits per heavy atom. The van der Waals surface area contributed by atoms with Crippen LogP contribution in [0, 0.1) is 5.82 Å². The van der Waals surface area contributed by atoms with Gasteiger partial charge in [-0.05, 0) is 63.3 Å². The van der Waals surface area contributed by atoms with Crippen molar-refractivity contribution in [1.82, 2.24) is 4.98 Å². The van der Waals surface area contributed by atoms with Gasteiger partial charge in [-0.2, -0.15) is 11.8 Å². The summed E-state index contributed by atoms with van der Waals surface area (Å²) in [7, 11) is 0. The number of hydrogen-bond acceptors (Lipinski definition) is 4. The zero-order chi connectivity index (χ0) is 21.9. The highest BCUT2D eigenvalue weighted by molar-refractivity contribution is 7.97. The van der Waals surface area contributed by atoms with Crippen LogP contribution >= 0.6 is 11.8 Å². The predicted octanol–water partition coefficient (Wildman–Crippen LogP) is 6.67. The minimum atomic E-state index is -0.626. The number of benzene rings is 2. The molecule has 3 rings (SSSR count). The molecule has 0 bridgehead atoms. The first kappa shape index (κ1) is 22.1. The molecule has 0 fully saturated rings. The van der Waals surface area contributed by atoms with Crippen LogP contribution in [0.3, 0.4) is 0 Å². The van der Waals surface area contributed by atoms with E-state index in [9.17, 15) is 9.18 Å². The average Bonchev–Trinajstić information content (AvgIpc) is 2.68. The molecule has 158 valence electrons. The number of amides is 1. The molecule has 0 aliphatic heterocycles. The molecule has 0 saturated carbocycles. The van der Waals surface area contributed by atoms with Gasteiger partial charge in [0.25, 0.3) is 0 Å². The van der Waals surface area contributed by atoms with Crippen molar-refractivity contribution in [2.45, 2.75) is 39.0 Å². The summed E-state index contributed by atoms with van der Waals surface area (Å²) in [6.45, 7) is 7.81. The van der Waals surface area contributed by atoms with Gasteiger partial charge in [0.2, 0.25) is 0 Å². The monoisotopic (exact) mass is 426 g/mol. The minimum Gasteiger partial charge on any atom is -0.443 e. The molecule has 0 radical (unpaired) electrons. The smallest absolute Gasteiger partial charge is 0.416 e. The number of rotatable bonds is 5. The van der Waals surface area contributed by atoms with E-state index >= 15 is 0 Å². The van der Waals surface area contributed by atoms with Crippen LogP contribution in [0.4, 0.5) is 15.0 Å². The molecule has 1 amide bonds. The fourth-order valence-corrected chi connectivity index (χ4v) is 3.96. The number of carbonyl (C=O) groups excluding carboxylic acids is 1. The Hall–Kier alpha value is -2.60. The molecular formula is C24H27FN2O2S. The Labute approximate surface area is 181 Å². The van der Waals surface area contributed by atoms with Crippen LogP contribution < -0.4 is 4.90 Å². The second-order valence-electron chi connectivity index (χ2n) is 7.97. The van der Waals surface area contributed by atoms with Crippen molar-refractivity contribution < 1.29 is 13.9 Å². The molecule has 0 atom stereocenters. The third-order valence-electron chi connectivity index (χ3n) is 4.57. The number of fused-ring (bicyclic) bond motifs is 1. The molecule has 4 nitrogen and oxygen atoms in total. The molecule has 1 aromatic heterocycles. The summed E-state index contributed by atoms with van der Waals surface area (Å²) in [6.07, 6.45) is 1.55. The fourth-order valence-electron chi connectivity index (χ4n) is 3.37. The van der Waals surface area contributed by atoms with Crippen LogP contribution in [-0.2, 0) is 10.5 Å². The normalized spacial score (nSPS) is 11.5. The Bertz CT molecular complexity index is 1050. The van der Waals surface area contributed by atoms with E-state index in [1.54, 1.807) is 22.7 Å². The number of thioether (sulfide) groups is 1. The van der Waals surface area contributed by atoms with E-state index in [1.165, 1.54) is 12.1 Å². The molecule has 6 heteroatoms. The summed E-state index contributed by atoms with van der Waals surface area (Å²) in [6, 6.07) is 14.4. The van der Waals surface area contributed by atoms with Gasteiger partial charge in [0.15, 0.2) is 0 Å². The Morgan fingerprint density at radius 3 is 2.47 bits per heavy atom. The summed E-state index contributed by atoms with van der Waals surface area (Å²) in [5, 5.41) is 0.757. The first-order valence-corrected chi connectivity index (χ1v) is 11.3. The number of aromatic nitrogens is 1. The van der Waals surface area contributed by atoms with Crippen LogP contribution in [0.15, 0.2) is 48.5 Å². The topological polar surface area (TPSA) is 42.4 Å². The highest BCUT2D eigenvalue weighted by atomic mass is 32.2. The SMILES string of the molecule is CCN(C(=O)OC(C)(C)C)c1nc2ccc(F)cc2c(CSC)c1-c1ccccc1. The first-order chi connectivity index (χ1) is 14.2. The summed E-state index contributed by atoms with van der Waals surface area (Å²) < 4.78 is 19.8. The van der Waals surface area contributed by atoms with Crippen molar-refractivity contribution >= 4 is 34.6 Å². The largest absolute Gasteiger partial charge is 0.443 e. The Kier molecular flexibility index (Phi) is 6.66. The van der Waals surface area contributed by atoms with E-state index in [0.29, 0.717) is 23.6 Å². The molecular weight excluding hydrogens is 399 g/mol. The molecule has 2 aromatic carbocycles. The van der Waals surface area contributed by atoms with Crippen LogP contribution in [0.25, 0.3) is 22.0 Å². The fraction of sp³-hybridized carbons (Fsp3) is 0.333. The second kappa shape index (κ2) is 9.04. The number of anilines is 1. The van der Waals surface area contributed by atoms with Gasteiger partial charge in [-0.25, -0.2) is 14.2 Å². The van der Waals surface area contributed by atoms with Gasteiger partial charge >= 0.3 is 6.09 Å². The van der Waals surface area contributed by atoms with Gasteiger partial charge < -0.3 is 4.74 Å². The van der Waals surface area contributed by atoms with Gasteiger partial charge in [0, 0.05) is 23.2 Å². The second-order valence-corrected chi connectivity index (χ2v) is 8.84. The van der Waals surface area contributed by atoms with E-state index in [-0.39, 0.29) is 5.82 Å². The molecule has 0 saturated heterocycles. The van der Waals surface area contributed by atoms with E-state index in [0.717, 1.165) is 22.1 Å². The third kappa shape index (κ3) is 4.75. The zero-order valence-electron chi connectivity index (χ0n) is 18.0. The van der Waals surface area contributed by atoms with E-state index in [4.69, 9.17) is 9.72 Å². The Balaban J connectivity index is 2.34. The van der Waals surface area contributed by atoms with Crippen LogP contribution in [0.1, 0.15) is 33.3 Å². The van der Waals surface area contributed by atoms with Crippen molar-refractivity contribution in [3.8, 4) is 11.1 Å². The maximum atomic E-state index is 14.1. The summed E-state index contributed by atoms with van der Waals surface area (Å²) >= 11 is 1.65. The lowest BCUT2D eigenvalue weighted by Crippen LogP contribution is -2.37. The van der Waals surface area contributed by atoms with Crippen molar-refractivity contribution in [3.05, 3.63) is 59.9 Å². The Morgan fingerprint density at radius 1 is 1.17 bits per heavy atom. The van der Waals surface area contributed by atoms with Gasteiger partial charge in [0.05, 0.1) is 5.52 Å². The number of hydrogen-bond donors (Lipinski definition) is 0. The summed E-state index contributed by atoms with van der Waals surface area (Å²) in [5.41, 5.74) is 2.74. The van der Waals surface area contributed by atoms with E-state index < -0.39 is 11.7 Å². The predicted molar refractivity (Wildman–Crippen MR) is 124 cm³/mol. The molecule has 0 aliphatic rings. The minimum absolute atomic E-state index is 0.307. The first-order valence-electron chi connectivity index (χ1n) is 9.92. The van der Waals surface area contributed by atoms with Gasteiger partial charge in [-0.15, -0.1) is 0 Å². The standard InChI is InChI=1S/C24H27FN2O2S/c1-6-27(23(28)29-24(2,3)4)22-21(16-10-8-7-9-11-16)19(15-30-5)18-14-17(25)12-13-20(18)26-22/h7-14H,6,15H2,1-5H3. The number of halogens is 1. The number of pyridine rings is 1. The molecule has 30 heavy (non-hydrogen) atoms. The van der Waals surface area contributed by atoms with Crippen LogP contribution in [0.2, 0.25) is 0 Å². The molecule has 1 heterocycles. The van der Waals surface area contributed by atoms with E-state index in [2.05, 4.69) is 0 Å². The summed E-state index contributed by atoms with van der Waals surface area (Å²) in [4.78, 5) is 19.4. The number of carbonyl (C=O) groups is 1. The molecule has 3 aromatic rings. The van der Waals surface area contributed by atoms with E-state index in [1.807, 2.05) is 64.3 Å². The maximum Gasteiger partial charge on any atom is 0.416 e. The quantitative estimate of drug-likeness (QED) is 0.457. The lowest BCUT2D eigenvalue weighted by atomic mass is 9.97. The third-order valence-corrected chi connectivity index (χ3v) is 5.15. The van der Waals surface area contributed by atoms with Crippen LogP contribution in [-0.4, -0.2) is 29.5 Å². The molecule has 0 spiro atoms. The molecule has 0 aliphatic carbocycles. The number of nitrogens with zero attached hydrogens (tertiary/aromatic N) is 2. The van der Waals surface area contributed by atoms with Crippen molar-refractivity contribution in [3.63, 3.8) is 0 Å². The number of ether oxygens (including phenoxy) is 1. The van der Waals surface area contributed by atoms with Crippen molar-refractivity contribution in [2.24, 2.45) is 0 Å². The lowest BCUT2D eigenvalue weighted by Gasteiger charge is -2.28. The van der Waals surface area contributed by atoms with Crippen molar-refractivity contribution in [2.75, 3.05) is 17.7 Å². The average molecular weight is 427 g/mol. The maximum absolute atomic E-state index is 14.1.